The number of rotatable bonds is 2. The highest BCUT2D eigenvalue weighted by Crippen LogP contribution is 2.09. The third-order valence-electron chi connectivity index (χ3n) is 0.959. The Hall–Kier alpha value is -0.570. The Labute approximate surface area is 61.4 Å². The van der Waals surface area contributed by atoms with Crippen molar-refractivity contribution in [3.8, 4) is 0 Å². The number of amides is 1. The Morgan fingerprint density at radius 3 is 2.30 bits per heavy atom. The van der Waals surface area contributed by atoms with Gasteiger partial charge < -0.3 is 10.4 Å². The lowest BCUT2D eigenvalue weighted by Crippen LogP contribution is -2.33. The van der Waals surface area contributed by atoms with Crippen LogP contribution >= 0.6 is 0 Å². The highest BCUT2D eigenvalue weighted by Gasteiger charge is 2.10. The summed E-state index contributed by atoms with van der Waals surface area (Å²) in [5, 5.41) is 10.9. The van der Waals surface area contributed by atoms with Crippen LogP contribution in [0, 0.1) is 5.41 Å². The minimum Gasteiger partial charge on any atom is -0.387 e. The molecule has 0 aromatic heterocycles. The van der Waals surface area contributed by atoms with E-state index in [9.17, 15) is 4.79 Å². The van der Waals surface area contributed by atoms with E-state index in [0.29, 0.717) is 6.54 Å². The summed E-state index contributed by atoms with van der Waals surface area (Å²) in [6.45, 7) is 6.24. The van der Waals surface area contributed by atoms with Gasteiger partial charge in [-0.2, -0.15) is 0 Å². The van der Waals surface area contributed by atoms with Gasteiger partial charge in [-0.05, 0) is 5.41 Å². The molecule has 1 amide bonds. The topological polar surface area (TPSA) is 49.3 Å². The summed E-state index contributed by atoms with van der Waals surface area (Å²) in [6, 6.07) is 0. The molecule has 3 heteroatoms. The average molecular weight is 145 g/mol. The molecule has 0 unspecified atom stereocenters. The van der Waals surface area contributed by atoms with Gasteiger partial charge in [0.1, 0.15) is 6.61 Å². The van der Waals surface area contributed by atoms with E-state index < -0.39 is 6.61 Å². The Balaban J connectivity index is 3.46. The van der Waals surface area contributed by atoms with Crippen LogP contribution in [0.25, 0.3) is 0 Å². The van der Waals surface area contributed by atoms with Gasteiger partial charge >= 0.3 is 0 Å². The van der Waals surface area contributed by atoms with Crippen LogP contribution in [0.1, 0.15) is 20.8 Å². The van der Waals surface area contributed by atoms with Crippen molar-refractivity contribution in [1.29, 1.82) is 0 Å². The fourth-order valence-corrected chi connectivity index (χ4v) is 0.420. The normalized spacial score (nSPS) is 11.2. The molecule has 0 aliphatic rings. The minimum absolute atomic E-state index is 0.0881. The van der Waals surface area contributed by atoms with Gasteiger partial charge in [0.25, 0.3) is 0 Å². The lowest BCUT2D eigenvalue weighted by Gasteiger charge is -2.17. The molecule has 0 fully saturated rings. The van der Waals surface area contributed by atoms with Gasteiger partial charge in [0.05, 0.1) is 0 Å². The summed E-state index contributed by atoms with van der Waals surface area (Å²) in [7, 11) is 0. The highest BCUT2D eigenvalue weighted by molar-refractivity contribution is 5.76. The summed E-state index contributed by atoms with van der Waals surface area (Å²) < 4.78 is 0. The number of carbonyl (C=O) groups excluding carboxylic acids is 1. The first kappa shape index (κ1) is 9.43. The van der Waals surface area contributed by atoms with E-state index in [1.54, 1.807) is 0 Å². The van der Waals surface area contributed by atoms with E-state index >= 15 is 0 Å². The SMILES string of the molecule is CC(C)(C)CNC(=O)CO. The fourth-order valence-electron chi connectivity index (χ4n) is 0.420. The van der Waals surface area contributed by atoms with Gasteiger partial charge in [0.2, 0.25) is 5.91 Å². The largest absolute Gasteiger partial charge is 0.387 e. The third-order valence-corrected chi connectivity index (χ3v) is 0.959. The average Bonchev–Trinajstić information content (AvgIpc) is 1.81. The Kier molecular flexibility index (Phi) is 3.36. The monoisotopic (exact) mass is 145 g/mol. The smallest absolute Gasteiger partial charge is 0.245 e. The number of nitrogens with one attached hydrogen (secondary N) is 1. The van der Waals surface area contributed by atoms with Crippen LogP contribution in [-0.4, -0.2) is 24.2 Å². The third kappa shape index (κ3) is 5.56. The maximum Gasteiger partial charge on any atom is 0.245 e. The van der Waals surface area contributed by atoms with Crippen molar-refractivity contribution < 1.29 is 9.90 Å². The molecule has 0 saturated heterocycles. The van der Waals surface area contributed by atoms with Crippen LogP contribution in [0.2, 0.25) is 0 Å². The molecule has 0 radical (unpaired) electrons. The maximum atomic E-state index is 10.5. The second-order valence-corrected chi connectivity index (χ2v) is 3.50. The van der Waals surface area contributed by atoms with Gasteiger partial charge in [-0.3, -0.25) is 4.79 Å². The van der Waals surface area contributed by atoms with E-state index in [0.717, 1.165) is 0 Å². The Bertz CT molecular complexity index is 115. The van der Waals surface area contributed by atoms with Crippen LogP contribution in [-0.2, 0) is 4.79 Å². The van der Waals surface area contributed by atoms with E-state index in [4.69, 9.17) is 5.11 Å². The molecule has 0 aromatic rings. The van der Waals surface area contributed by atoms with Crippen LogP contribution < -0.4 is 5.32 Å². The zero-order valence-electron chi connectivity index (χ0n) is 6.77. The van der Waals surface area contributed by atoms with Crippen molar-refractivity contribution in [3.63, 3.8) is 0 Å². The van der Waals surface area contributed by atoms with Crippen molar-refractivity contribution in [2.45, 2.75) is 20.8 Å². The molecule has 0 heterocycles. The zero-order valence-corrected chi connectivity index (χ0v) is 6.77. The highest BCUT2D eigenvalue weighted by atomic mass is 16.3. The number of aliphatic hydroxyl groups is 1. The van der Waals surface area contributed by atoms with Gasteiger partial charge in [-0.1, -0.05) is 20.8 Å². The summed E-state index contributed by atoms with van der Waals surface area (Å²) in [6.07, 6.45) is 0. The predicted octanol–water partition coefficient (Wildman–Crippen LogP) is 0.141. The van der Waals surface area contributed by atoms with Gasteiger partial charge in [-0.25, -0.2) is 0 Å². The molecule has 3 nitrogen and oxygen atoms in total. The quantitative estimate of drug-likeness (QED) is 0.580. The first-order chi connectivity index (χ1) is 4.45. The van der Waals surface area contributed by atoms with Gasteiger partial charge in [-0.15, -0.1) is 0 Å². The van der Waals surface area contributed by atoms with E-state index in [2.05, 4.69) is 5.32 Å². The molecule has 60 valence electrons. The lowest BCUT2D eigenvalue weighted by molar-refractivity contribution is -0.124. The van der Waals surface area contributed by atoms with Crippen molar-refractivity contribution in [3.05, 3.63) is 0 Å². The van der Waals surface area contributed by atoms with Crippen LogP contribution in [0.3, 0.4) is 0 Å². The van der Waals surface area contributed by atoms with Gasteiger partial charge in [0.15, 0.2) is 0 Å². The molecule has 0 rings (SSSR count). The first-order valence-corrected chi connectivity index (χ1v) is 3.33. The van der Waals surface area contributed by atoms with E-state index in [1.165, 1.54) is 0 Å². The summed E-state index contributed by atoms with van der Waals surface area (Å²) in [5.41, 5.74) is 0.0881. The molecule has 0 atom stereocenters. The first-order valence-electron chi connectivity index (χ1n) is 3.33. The molecule has 0 aromatic carbocycles. The summed E-state index contributed by atoms with van der Waals surface area (Å²) in [4.78, 5) is 10.5. The number of hydrogen-bond donors (Lipinski definition) is 2. The number of hydrogen-bond acceptors (Lipinski definition) is 2. The molecular weight excluding hydrogens is 130 g/mol. The van der Waals surface area contributed by atoms with Crippen LogP contribution in [0.5, 0.6) is 0 Å². The van der Waals surface area contributed by atoms with Crippen LogP contribution in [0.15, 0.2) is 0 Å². The molecule has 0 aliphatic carbocycles. The molecule has 0 spiro atoms. The van der Waals surface area contributed by atoms with E-state index in [-0.39, 0.29) is 11.3 Å². The summed E-state index contributed by atoms with van der Waals surface area (Å²) in [5.74, 6) is -0.310. The lowest BCUT2D eigenvalue weighted by atomic mass is 9.97. The molecule has 0 aliphatic heterocycles. The van der Waals surface area contributed by atoms with Crippen molar-refractivity contribution >= 4 is 5.91 Å². The number of carbonyl (C=O) groups is 1. The second-order valence-electron chi connectivity index (χ2n) is 3.50. The van der Waals surface area contributed by atoms with Crippen molar-refractivity contribution in [1.82, 2.24) is 5.32 Å². The number of aliphatic hydroxyl groups excluding tert-OH is 1. The maximum absolute atomic E-state index is 10.5. The van der Waals surface area contributed by atoms with Crippen LogP contribution in [0.4, 0.5) is 0 Å². The standard InChI is InChI=1S/C7H15NO2/c1-7(2,3)5-8-6(10)4-9/h9H,4-5H2,1-3H3,(H,8,10). The van der Waals surface area contributed by atoms with Crippen molar-refractivity contribution in [2.75, 3.05) is 13.2 Å². The molecule has 0 saturated carbocycles. The zero-order chi connectivity index (χ0) is 8.20. The summed E-state index contributed by atoms with van der Waals surface area (Å²) >= 11 is 0. The molecule has 0 bridgehead atoms. The molecular formula is C7H15NO2. The predicted molar refractivity (Wildman–Crippen MR) is 39.6 cm³/mol. The molecule has 10 heavy (non-hydrogen) atoms. The van der Waals surface area contributed by atoms with Gasteiger partial charge in [0, 0.05) is 6.54 Å². The minimum atomic E-state index is -0.421. The Morgan fingerprint density at radius 2 is 2.00 bits per heavy atom. The Morgan fingerprint density at radius 1 is 1.50 bits per heavy atom. The molecule has 2 N–H and O–H groups in total. The fraction of sp³-hybridized carbons (Fsp3) is 0.857. The second kappa shape index (κ2) is 3.56. The van der Waals surface area contributed by atoms with Crippen molar-refractivity contribution in [2.24, 2.45) is 5.41 Å². The van der Waals surface area contributed by atoms with E-state index in [1.807, 2.05) is 20.8 Å².